The van der Waals surface area contributed by atoms with Crippen LogP contribution in [0.25, 0.3) is 0 Å². The molecule has 2 amide bonds. The number of hydrogen-bond donors (Lipinski definition) is 2. The third-order valence-corrected chi connectivity index (χ3v) is 2.37. The first-order chi connectivity index (χ1) is 6.84. The maximum atomic E-state index is 11.4. The lowest BCUT2D eigenvalue weighted by molar-refractivity contribution is 0.248. The largest absolute Gasteiger partial charge is 0.363 e. The number of urea groups is 1. The van der Waals surface area contributed by atoms with Crippen molar-refractivity contribution in [3.8, 4) is 0 Å². The molecule has 5 nitrogen and oxygen atoms in total. The summed E-state index contributed by atoms with van der Waals surface area (Å²) >= 11 is 0. The van der Waals surface area contributed by atoms with Gasteiger partial charge in [-0.25, -0.2) is 4.79 Å². The van der Waals surface area contributed by atoms with Gasteiger partial charge >= 0.3 is 6.03 Å². The second-order valence-electron chi connectivity index (χ2n) is 3.46. The fraction of sp³-hybridized carbons (Fsp3) is 0.556. The molecule has 0 atom stereocenters. The molecule has 0 radical (unpaired) electrons. The number of aromatic nitrogens is 1. The van der Waals surface area contributed by atoms with Crippen molar-refractivity contribution in [2.75, 3.05) is 5.32 Å². The van der Waals surface area contributed by atoms with E-state index in [0.717, 1.165) is 12.8 Å². The first-order valence-corrected chi connectivity index (χ1v) is 4.82. The van der Waals surface area contributed by atoms with Crippen LogP contribution >= 0.6 is 0 Å². The monoisotopic (exact) mass is 195 g/mol. The molecule has 0 unspecified atom stereocenters. The minimum absolute atomic E-state index is 0.203. The van der Waals surface area contributed by atoms with E-state index in [1.54, 1.807) is 6.07 Å². The number of nitrogens with zero attached hydrogens (tertiary/aromatic N) is 1. The Bertz CT molecular complexity index is 291. The van der Waals surface area contributed by atoms with E-state index in [0.29, 0.717) is 11.9 Å². The molecule has 76 valence electrons. The lowest BCUT2D eigenvalue weighted by Gasteiger charge is -2.11. The van der Waals surface area contributed by atoms with Gasteiger partial charge in [0.05, 0.1) is 0 Å². The first-order valence-electron chi connectivity index (χ1n) is 4.82. The summed E-state index contributed by atoms with van der Waals surface area (Å²) in [6, 6.07) is 1.72. The molecule has 1 aliphatic carbocycles. The van der Waals surface area contributed by atoms with Crippen molar-refractivity contribution in [1.82, 2.24) is 10.5 Å². The fourth-order valence-electron chi connectivity index (χ4n) is 1.68. The summed E-state index contributed by atoms with van der Waals surface area (Å²) in [5.41, 5.74) is 0. The van der Waals surface area contributed by atoms with Gasteiger partial charge in [-0.2, -0.15) is 0 Å². The molecule has 14 heavy (non-hydrogen) atoms. The van der Waals surface area contributed by atoms with Crippen LogP contribution in [-0.4, -0.2) is 17.2 Å². The Morgan fingerprint density at radius 1 is 1.50 bits per heavy atom. The van der Waals surface area contributed by atoms with Gasteiger partial charge in [-0.05, 0) is 12.8 Å². The highest BCUT2D eigenvalue weighted by Gasteiger charge is 2.17. The molecule has 0 saturated heterocycles. The molecule has 1 aliphatic rings. The van der Waals surface area contributed by atoms with E-state index in [4.69, 9.17) is 0 Å². The Hall–Kier alpha value is -1.52. The molecule has 2 N–H and O–H groups in total. The minimum atomic E-state index is -0.203. The lowest BCUT2D eigenvalue weighted by atomic mass is 10.3. The van der Waals surface area contributed by atoms with Crippen molar-refractivity contribution in [3.05, 3.63) is 12.3 Å². The van der Waals surface area contributed by atoms with E-state index in [1.807, 2.05) is 0 Å². The standard InChI is InChI=1S/C9H13N3O2/c13-9(10-7-3-1-2-4-7)11-8-5-6-14-12-8/h5-7H,1-4H2,(H2,10,11,12,13). The molecule has 1 aromatic heterocycles. The zero-order valence-corrected chi connectivity index (χ0v) is 7.82. The van der Waals surface area contributed by atoms with Crippen molar-refractivity contribution in [2.45, 2.75) is 31.7 Å². The van der Waals surface area contributed by atoms with Crippen molar-refractivity contribution in [2.24, 2.45) is 0 Å². The quantitative estimate of drug-likeness (QED) is 0.755. The summed E-state index contributed by atoms with van der Waals surface area (Å²) in [5, 5.41) is 9.06. The van der Waals surface area contributed by atoms with Crippen LogP contribution in [0.15, 0.2) is 16.9 Å². The summed E-state index contributed by atoms with van der Waals surface area (Å²) < 4.78 is 4.59. The Morgan fingerprint density at radius 3 is 2.93 bits per heavy atom. The van der Waals surface area contributed by atoms with Gasteiger partial charge in [0.15, 0.2) is 5.82 Å². The normalized spacial score (nSPS) is 16.9. The van der Waals surface area contributed by atoms with Gasteiger partial charge in [0.2, 0.25) is 0 Å². The predicted octanol–water partition coefficient (Wildman–Crippen LogP) is 1.74. The van der Waals surface area contributed by atoms with E-state index in [2.05, 4.69) is 20.3 Å². The molecule has 0 aromatic carbocycles. The topological polar surface area (TPSA) is 67.2 Å². The van der Waals surface area contributed by atoms with Crippen LogP contribution in [0.3, 0.4) is 0 Å². The molecule has 0 bridgehead atoms. The number of nitrogens with one attached hydrogen (secondary N) is 2. The third-order valence-electron chi connectivity index (χ3n) is 2.37. The summed E-state index contributed by atoms with van der Waals surface area (Å²) in [5.74, 6) is 0.445. The summed E-state index contributed by atoms with van der Waals surface area (Å²) in [4.78, 5) is 11.4. The Morgan fingerprint density at radius 2 is 2.29 bits per heavy atom. The van der Waals surface area contributed by atoms with Crippen molar-refractivity contribution in [3.63, 3.8) is 0 Å². The van der Waals surface area contributed by atoms with Crippen LogP contribution in [0.4, 0.5) is 10.6 Å². The lowest BCUT2D eigenvalue weighted by Crippen LogP contribution is -2.36. The smallest absolute Gasteiger partial charge is 0.320 e. The molecular formula is C9H13N3O2. The highest BCUT2D eigenvalue weighted by Crippen LogP contribution is 2.17. The number of anilines is 1. The third kappa shape index (κ3) is 2.25. The van der Waals surface area contributed by atoms with E-state index in [9.17, 15) is 4.79 Å². The van der Waals surface area contributed by atoms with Crippen molar-refractivity contribution >= 4 is 11.8 Å². The Labute approximate surface area is 81.8 Å². The fourth-order valence-corrected chi connectivity index (χ4v) is 1.68. The van der Waals surface area contributed by atoms with Gasteiger partial charge in [0.1, 0.15) is 6.26 Å². The van der Waals surface area contributed by atoms with Crippen LogP contribution in [0, 0.1) is 0 Å². The Balaban J connectivity index is 1.78. The molecular weight excluding hydrogens is 182 g/mol. The van der Waals surface area contributed by atoms with Crippen molar-refractivity contribution in [1.29, 1.82) is 0 Å². The number of amides is 2. The maximum absolute atomic E-state index is 11.4. The molecule has 1 saturated carbocycles. The molecule has 1 heterocycles. The molecule has 0 spiro atoms. The van der Waals surface area contributed by atoms with Gasteiger partial charge in [-0.3, -0.25) is 5.32 Å². The maximum Gasteiger partial charge on any atom is 0.320 e. The van der Waals surface area contributed by atoms with E-state index in [-0.39, 0.29) is 6.03 Å². The van der Waals surface area contributed by atoms with Gasteiger partial charge in [0, 0.05) is 12.1 Å². The van der Waals surface area contributed by atoms with Crippen LogP contribution in [0.1, 0.15) is 25.7 Å². The summed E-state index contributed by atoms with van der Waals surface area (Å²) in [7, 11) is 0. The zero-order valence-electron chi connectivity index (χ0n) is 7.82. The van der Waals surface area contributed by atoms with Gasteiger partial charge in [0.25, 0.3) is 0 Å². The second kappa shape index (κ2) is 4.13. The minimum Gasteiger partial charge on any atom is -0.363 e. The van der Waals surface area contributed by atoms with Crippen LogP contribution in [0.2, 0.25) is 0 Å². The van der Waals surface area contributed by atoms with Crippen LogP contribution < -0.4 is 10.6 Å². The number of rotatable bonds is 2. The number of carbonyl (C=O) groups is 1. The predicted molar refractivity (Wildman–Crippen MR) is 50.9 cm³/mol. The van der Waals surface area contributed by atoms with Crippen LogP contribution in [0.5, 0.6) is 0 Å². The average Bonchev–Trinajstić information content (AvgIpc) is 2.76. The zero-order chi connectivity index (χ0) is 9.80. The highest BCUT2D eigenvalue weighted by atomic mass is 16.5. The second-order valence-corrected chi connectivity index (χ2v) is 3.46. The van der Waals surface area contributed by atoms with Gasteiger partial charge in [-0.15, -0.1) is 0 Å². The summed E-state index contributed by atoms with van der Waals surface area (Å²) in [6.45, 7) is 0. The van der Waals surface area contributed by atoms with E-state index < -0.39 is 0 Å². The number of hydrogen-bond acceptors (Lipinski definition) is 3. The average molecular weight is 195 g/mol. The molecule has 5 heteroatoms. The summed E-state index contributed by atoms with van der Waals surface area (Å²) in [6.07, 6.45) is 5.98. The Kier molecular flexibility index (Phi) is 2.67. The molecule has 1 fully saturated rings. The van der Waals surface area contributed by atoms with Crippen molar-refractivity contribution < 1.29 is 9.32 Å². The number of carbonyl (C=O) groups excluding carboxylic acids is 1. The van der Waals surface area contributed by atoms with E-state index in [1.165, 1.54) is 19.1 Å². The highest BCUT2D eigenvalue weighted by molar-refractivity contribution is 5.88. The van der Waals surface area contributed by atoms with Gasteiger partial charge < -0.3 is 9.84 Å². The van der Waals surface area contributed by atoms with Crippen LogP contribution in [-0.2, 0) is 0 Å². The van der Waals surface area contributed by atoms with Gasteiger partial charge in [-0.1, -0.05) is 18.0 Å². The molecule has 0 aliphatic heterocycles. The van der Waals surface area contributed by atoms with E-state index >= 15 is 0 Å². The SMILES string of the molecule is O=C(Nc1ccon1)NC1CCCC1. The first kappa shape index (κ1) is 9.05. The molecule has 1 aromatic rings. The molecule has 2 rings (SSSR count).